The minimum Gasteiger partial charge on any atom is -0.379 e. The zero-order valence-corrected chi connectivity index (χ0v) is 14.6. The highest BCUT2D eigenvalue weighted by Crippen LogP contribution is 2.05. The number of rotatable bonds is 3. The minimum absolute atomic E-state index is 0. The molecule has 0 radical (unpaired) electrons. The van der Waals surface area contributed by atoms with E-state index >= 15 is 0 Å². The summed E-state index contributed by atoms with van der Waals surface area (Å²) in [5, 5.41) is 0. The molecule has 0 bridgehead atoms. The van der Waals surface area contributed by atoms with Gasteiger partial charge in [-0.25, -0.2) is 0 Å². The Bertz CT molecular complexity index is 566. The summed E-state index contributed by atoms with van der Waals surface area (Å²) in [6, 6.07) is 8.15. The quantitative estimate of drug-likeness (QED) is 0.785. The van der Waals surface area contributed by atoms with E-state index in [1.54, 1.807) is 0 Å². The van der Waals surface area contributed by atoms with Crippen molar-refractivity contribution >= 4 is 11.6 Å². The van der Waals surface area contributed by atoms with Gasteiger partial charge in [0.2, 0.25) is 0 Å². The molecule has 24 heavy (non-hydrogen) atoms. The Labute approximate surface area is 150 Å². The lowest BCUT2D eigenvalue weighted by molar-refractivity contribution is 0.0336. The number of aryl methyl sites for hydroxylation is 2. The fourth-order valence-electron chi connectivity index (χ4n) is 2.16. The molecule has 0 amide bonds. The van der Waals surface area contributed by atoms with Crippen molar-refractivity contribution in [3.63, 3.8) is 0 Å². The fraction of sp³-hybridized carbons (Fsp3) is 0.474. The molecule has 4 nitrogen and oxygen atoms in total. The van der Waals surface area contributed by atoms with Crippen molar-refractivity contribution in [2.75, 3.05) is 26.3 Å². The maximum Gasteiger partial charge on any atom is 0.0647 e. The predicted molar refractivity (Wildman–Crippen MR) is 100 cm³/mol. The van der Waals surface area contributed by atoms with Gasteiger partial charge in [0.05, 0.1) is 30.5 Å². The van der Waals surface area contributed by atoms with Crippen LogP contribution in [0.3, 0.4) is 0 Å². The summed E-state index contributed by atoms with van der Waals surface area (Å²) in [5.41, 5.74) is 4.47. The molecule has 0 spiro atoms. The van der Waals surface area contributed by atoms with Crippen molar-refractivity contribution in [3.05, 3.63) is 59.2 Å². The molecule has 3 rings (SSSR count). The van der Waals surface area contributed by atoms with Crippen molar-refractivity contribution in [2.24, 2.45) is 0 Å². The molecule has 3 heterocycles. The van der Waals surface area contributed by atoms with Crippen LogP contribution in [-0.4, -0.2) is 41.2 Å². The van der Waals surface area contributed by atoms with E-state index in [0.717, 1.165) is 44.2 Å². The molecule has 0 atom stereocenters. The maximum atomic E-state index is 5.52. The van der Waals surface area contributed by atoms with Crippen molar-refractivity contribution in [3.8, 4) is 0 Å². The molecule has 1 aliphatic rings. The lowest BCUT2D eigenvalue weighted by atomic mass is 10.2. The van der Waals surface area contributed by atoms with Gasteiger partial charge in [-0.15, -0.1) is 11.6 Å². The molecule has 0 N–H and O–H groups in total. The lowest BCUT2D eigenvalue weighted by Crippen LogP contribution is -2.35. The highest BCUT2D eigenvalue weighted by atomic mass is 35.5. The number of halogens is 1. The van der Waals surface area contributed by atoms with E-state index in [4.69, 9.17) is 16.3 Å². The molecular weight excluding hydrogens is 322 g/mol. The monoisotopic (exact) mass is 349 g/mol. The number of ether oxygens (including phenoxy) is 1. The third kappa shape index (κ3) is 7.39. The second kappa shape index (κ2) is 11.1. The van der Waals surface area contributed by atoms with E-state index in [9.17, 15) is 0 Å². The smallest absolute Gasteiger partial charge is 0.0647 e. The molecular formula is C19H28ClN3O. The van der Waals surface area contributed by atoms with Crippen LogP contribution in [0.5, 0.6) is 0 Å². The van der Waals surface area contributed by atoms with Crippen LogP contribution in [-0.2, 0) is 17.2 Å². The van der Waals surface area contributed by atoms with E-state index in [1.807, 2.05) is 31.5 Å². The largest absolute Gasteiger partial charge is 0.379 e. The molecule has 1 fully saturated rings. The number of morpholine rings is 1. The zero-order valence-electron chi connectivity index (χ0n) is 13.8. The van der Waals surface area contributed by atoms with Gasteiger partial charge in [0.25, 0.3) is 0 Å². The van der Waals surface area contributed by atoms with Crippen molar-refractivity contribution in [2.45, 2.75) is 33.7 Å². The summed E-state index contributed by atoms with van der Waals surface area (Å²) >= 11 is 5.52. The first kappa shape index (κ1) is 20.6. The Balaban J connectivity index is 0.000000252. The maximum absolute atomic E-state index is 5.52. The molecule has 2 aromatic heterocycles. The van der Waals surface area contributed by atoms with Crippen molar-refractivity contribution in [1.29, 1.82) is 0 Å². The molecule has 5 heteroatoms. The number of nitrogens with zero attached hydrogens (tertiary/aromatic N) is 3. The van der Waals surface area contributed by atoms with Gasteiger partial charge in [0, 0.05) is 32.0 Å². The summed E-state index contributed by atoms with van der Waals surface area (Å²) in [6.45, 7) is 8.77. The molecule has 0 saturated carbocycles. The van der Waals surface area contributed by atoms with Gasteiger partial charge in [-0.05, 0) is 37.1 Å². The molecule has 1 saturated heterocycles. The average molecular weight is 350 g/mol. The molecule has 2 aromatic rings. The molecule has 132 valence electrons. The van der Waals surface area contributed by atoms with Crippen LogP contribution in [0, 0.1) is 13.8 Å². The fourth-order valence-corrected chi connectivity index (χ4v) is 2.32. The van der Waals surface area contributed by atoms with E-state index in [2.05, 4.69) is 33.9 Å². The van der Waals surface area contributed by atoms with Crippen LogP contribution in [0.2, 0.25) is 0 Å². The first-order valence-corrected chi connectivity index (χ1v) is 8.40. The lowest BCUT2D eigenvalue weighted by Gasteiger charge is -2.26. The number of hydrogen-bond donors (Lipinski definition) is 0. The number of alkyl halides is 1. The van der Waals surface area contributed by atoms with Crippen LogP contribution >= 0.6 is 11.6 Å². The molecule has 1 aliphatic heterocycles. The van der Waals surface area contributed by atoms with E-state index in [0.29, 0.717) is 5.88 Å². The van der Waals surface area contributed by atoms with Gasteiger partial charge in [-0.1, -0.05) is 19.6 Å². The highest BCUT2D eigenvalue weighted by molar-refractivity contribution is 6.16. The number of pyridine rings is 2. The summed E-state index contributed by atoms with van der Waals surface area (Å²) < 4.78 is 5.29. The van der Waals surface area contributed by atoms with Gasteiger partial charge >= 0.3 is 0 Å². The van der Waals surface area contributed by atoms with Crippen LogP contribution < -0.4 is 0 Å². The Kier molecular flexibility index (Phi) is 9.53. The van der Waals surface area contributed by atoms with Gasteiger partial charge in [-0.2, -0.15) is 0 Å². The Morgan fingerprint density at radius 3 is 1.96 bits per heavy atom. The van der Waals surface area contributed by atoms with E-state index in [1.165, 1.54) is 11.1 Å². The van der Waals surface area contributed by atoms with Crippen molar-refractivity contribution in [1.82, 2.24) is 14.9 Å². The second-order valence-electron chi connectivity index (χ2n) is 5.68. The van der Waals surface area contributed by atoms with Gasteiger partial charge in [-0.3, -0.25) is 14.9 Å². The highest BCUT2D eigenvalue weighted by Gasteiger charge is 2.10. The average Bonchev–Trinajstić information content (AvgIpc) is 2.59. The van der Waals surface area contributed by atoms with Crippen LogP contribution in [0.1, 0.15) is 29.9 Å². The van der Waals surface area contributed by atoms with Crippen molar-refractivity contribution < 1.29 is 4.74 Å². The number of aromatic nitrogens is 2. The predicted octanol–water partition coefficient (Wildman–Crippen LogP) is 3.99. The summed E-state index contributed by atoms with van der Waals surface area (Å²) in [7, 11) is 0. The van der Waals surface area contributed by atoms with E-state index < -0.39 is 0 Å². The number of hydrogen-bond acceptors (Lipinski definition) is 4. The van der Waals surface area contributed by atoms with Crippen LogP contribution in [0.15, 0.2) is 36.7 Å². The Morgan fingerprint density at radius 1 is 0.958 bits per heavy atom. The zero-order chi connectivity index (χ0) is 16.5. The summed E-state index contributed by atoms with van der Waals surface area (Å²) in [6.07, 6.45) is 3.74. The molecule has 0 aromatic carbocycles. The topological polar surface area (TPSA) is 38.2 Å². The Morgan fingerprint density at radius 2 is 1.50 bits per heavy atom. The van der Waals surface area contributed by atoms with Gasteiger partial charge in [0.1, 0.15) is 0 Å². The normalized spacial score (nSPS) is 14.3. The summed E-state index contributed by atoms with van der Waals surface area (Å²) in [4.78, 5) is 10.8. The third-order valence-electron chi connectivity index (χ3n) is 3.57. The van der Waals surface area contributed by atoms with Crippen LogP contribution in [0.25, 0.3) is 0 Å². The SMILES string of the molecule is C.Cc1ccc(CCl)nc1.Cc1ccc(CN2CCOCC2)nc1. The summed E-state index contributed by atoms with van der Waals surface area (Å²) in [5.74, 6) is 0.500. The van der Waals surface area contributed by atoms with Crippen LogP contribution in [0.4, 0.5) is 0 Å². The van der Waals surface area contributed by atoms with Gasteiger partial charge in [0.15, 0.2) is 0 Å². The first-order chi connectivity index (χ1) is 11.2. The van der Waals surface area contributed by atoms with Gasteiger partial charge < -0.3 is 4.74 Å². The minimum atomic E-state index is 0. The second-order valence-corrected chi connectivity index (χ2v) is 5.94. The Hall–Kier alpha value is -1.49. The standard InChI is InChI=1S/C11H16N2O.C7H8ClN.CH4/c1-10-2-3-11(12-8-10)9-13-4-6-14-7-5-13;1-6-2-3-7(4-8)9-5-6;/h2-3,8H,4-7,9H2,1H3;2-3,5H,4H2,1H3;1H4. The molecule has 0 unspecified atom stereocenters. The third-order valence-corrected chi connectivity index (χ3v) is 3.85. The van der Waals surface area contributed by atoms with E-state index in [-0.39, 0.29) is 7.43 Å². The first-order valence-electron chi connectivity index (χ1n) is 7.86. The molecule has 0 aliphatic carbocycles.